The molecule has 0 bridgehead atoms. The zero-order chi connectivity index (χ0) is 6.50. The van der Waals surface area contributed by atoms with Crippen LogP contribution in [0, 0.1) is 0 Å². The van der Waals surface area contributed by atoms with Gasteiger partial charge in [0.1, 0.15) is 0 Å². The molecule has 0 aliphatic heterocycles. The minimum atomic E-state index is -0.500. The Labute approximate surface area is 60.3 Å². The molecule has 0 unspecified atom stereocenters. The molecular formula is C4H10ClOTi. The maximum atomic E-state index is 8.52. The summed E-state index contributed by atoms with van der Waals surface area (Å²) in [7, 11) is 4.64. The monoisotopic (exact) mass is 157 g/mol. The Morgan fingerprint density at radius 3 is 1.29 bits per heavy atom. The summed E-state index contributed by atoms with van der Waals surface area (Å²) in [5.41, 5.74) is -0.500. The van der Waals surface area contributed by atoms with Crippen molar-refractivity contribution in [2.75, 3.05) is 0 Å². The first-order valence-corrected chi connectivity index (χ1v) is 4.06. The van der Waals surface area contributed by atoms with Crippen LogP contribution >= 0.6 is 9.30 Å². The van der Waals surface area contributed by atoms with Crippen molar-refractivity contribution < 1.29 is 24.5 Å². The average molecular weight is 157 g/mol. The molecule has 0 aromatic carbocycles. The molecule has 3 heteroatoms. The van der Waals surface area contributed by atoms with Gasteiger partial charge in [-0.15, -0.1) is 0 Å². The van der Waals surface area contributed by atoms with Gasteiger partial charge in [0, 0.05) is 0 Å². The predicted octanol–water partition coefficient (Wildman–Crippen LogP) is 1.46. The van der Waals surface area contributed by atoms with Crippen LogP contribution in [0.1, 0.15) is 20.8 Å². The molecule has 0 aliphatic carbocycles. The molecule has 0 aromatic rings. The van der Waals surface area contributed by atoms with Crippen molar-refractivity contribution in [3.05, 3.63) is 0 Å². The van der Waals surface area contributed by atoms with E-state index in [-0.39, 0.29) is 0 Å². The normalized spacial score (nSPS) is 9.14. The standard InChI is InChI=1S/C4H10O.ClH.Ti/c1-4(2,3)5;;/h5H,1-3H3;1H;/q;;+1/p-1. The molecule has 0 spiro atoms. The molecule has 7 heavy (non-hydrogen) atoms. The Hall–Kier alpha value is 0.964. The van der Waals surface area contributed by atoms with E-state index in [9.17, 15) is 0 Å². The van der Waals surface area contributed by atoms with Crippen molar-refractivity contribution in [2.24, 2.45) is 0 Å². The summed E-state index contributed by atoms with van der Waals surface area (Å²) in [5, 5.41) is 8.52. The molecule has 1 nitrogen and oxygen atoms in total. The van der Waals surface area contributed by atoms with Gasteiger partial charge in [0.2, 0.25) is 0 Å². The molecule has 0 radical (unpaired) electrons. The predicted molar refractivity (Wildman–Crippen MR) is 27.8 cm³/mol. The molecule has 0 fully saturated rings. The van der Waals surface area contributed by atoms with Crippen molar-refractivity contribution in [1.82, 2.24) is 0 Å². The van der Waals surface area contributed by atoms with E-state index in [0.717, 1.165) is 0 Å². The number of hydrogen-bond acceptors (Lipinski definition) is 1. The van der Waals surface area contributed by atoms with E-state index in [1.807, 2.05) is 0 Å². The first-order chi connectivity index (χ1) is 3.00. The third-order valence-corrected chi connectivity index (χ3v) is 0. The molecule has 0 rings (SSSR count). The van der Waals surface area contributed by atoms with Gasteiger partial charge >= 0.3 is 28.7 Å². The fraction of sp³-hybridized carbons (Fsp3) is 1.00. The molecule has 0 saturated heterocycles. The van der Waals surface area contributed by atoms with Gasteiger partial charge in [-0.2, -0.15) is 0 Å². The number of rotatable bonds is 0. The first kappa shape index (κ1) is 10.9. The van der Waals surface area contributed by atoms with E-state index in [2.05, 4.69) is 9.30 Å². The van der Waals surface area contributed by atoms with E-state index in [1.54, 1.807) is 20.8 Å². The third kappa shape index (κ3) is 185. The van der Waals surface area contributed by atoms with Crippen molar-refractivity contribution >= 4 is 9.30 Å². The summed E-state index contributed by atoms with van der Waals surface area (Å²) < 4.78 is 0. The van der Waals surface area contributed by atoms with Gasteiger partial charge in [-0.3, -0.25) is 0 Å². The van der Waals surface area contributed by atoms with Crippen LogP contribution in [0.3, 0.4) is 0 Å². The van der Waals surface area contributed by atoms with Gasteiger partial charge in [0.05, 0.1) is 5.60 Å². The summed E-state index contributed by atoms with van der Waals surface area (Å²) >= 11 is 1.47. The zero-order valence-corrected chi connectivity index (χ0v) is 7.14. The third-order valence-electron chi connectivity index (χ3n) is 0. The second-order valence-corrected chi connectivity index (χ2v) is 2.17. The molecule has 1 N–H and O–H groups in total. The molecule has 0 aromatic heterocycles. The van der Waals surface area contributed by atoms with Crippen LogP contribution in [0.25, 0.3) is 0 Å². The van der Waals surface area contributed by atoms with Gasteiger partial charge < -0.3 is 5.11 Å². The average Bonchev–Trinajstić information content (AvgIpc) is 1.36. The van der Waals surface area contributed by atoms with Crippen LogP contribution in [-0.2, 0) is 19.4 Å². The van der Waals surface area contributed by atoms with Crippen LogP contribution in [0.4, 0.5) is 0 Å². The molecule has 0 saturated carbocycles. The molecule has 0 atom stereocenters. The summed E-state index contributed by atoms with van der Waals surface area (Å²) in [4.78, 5) is 0. The van der Waals surface area contributed by atoms with E-state index < -0.39 is 5.60 Å². The van der Waals surface area contributed by atoms with E-state index in [1.165, 1.54) is 19.4 Å². The SMILES string of the molecule is CC(C)(C)O.[Cl][Ti]. The second kappa shape index (κ2) is 5.11. The summed E-state index contributed by atoms with van der Waals surface area (Å²) in [5.74, 6) is 0. The van der Waals surface area contributed by atoms with Gasteiger partial charge in [-0.25, -0.2) is 0 Å². The van der Waals surface area contributed by atoms with Gasteiger partial charge in [0.15, 0.2) is 0 Å². The van der Waals surface area contributed by atoms with Crippen molar-refractivity contribution in [2.45, 2.75) is 26.4 Å². The zero-order valence-electron chi connectivity index (χ0n) is 4.83. The minimum absolute atomic E-state index is 0.500. The van der Waals surface area contributed by atoms with Crippen molar-refractivity contribution in [1.29, 1.82) is 0 Å². The number of hydrogen-bond donors (Lipinski definition) is 1. The number of aliphatic hydroxyl groups is 1. The van der Waals surface area contributed by atoms with Crippen LogP contribution < -0.4 is 0 Å². The molecule has 43 valence electrons. The van der Waals surface area contributed by atoms with Crippen molar-refractivity contribution in [3.63, 3.8) is 0 Å². The van der Waals surface area contributed by atoms with Gasteiger partial charge in [0.25, 0.3) is 0 Å². The van der Waals surface area contributed by atoms with Gasteiger partial charge in [-0.05, 0) is 20.8 Å². The fourth-order valence-corrected chi connectivity index (χ4v) is 0. The Kier molecular flexibility index (Phi) is 7.92. The summed E-state index contributed by atoms with van der Waals surface area (Å²) in [6.45, 7) is 5.23. The van der Waals surface area contributed by atoms with Crippen LogP contribution in [0.15, 0.2) is 0 Å². The van der Waals surface area contributed by atoms with Crippen LogP contribution in [0.5, 0.6) is 0 Å². The van der Waals surface area contributed by atoms with Crippen LogP contribution in [0.2, 0.25) is 0 Å². The summed E-state index contributed by atoms with van der Waals surface area (Å²) in [6.07, 6.45) is 0. The molecule has 0 heterocycles. The van der Waals surface area contributed by atoms with Crippen LogP contribution in [-0.4, -0.2) is 10.7 Å². The summed E-state index contributed by atoms with van der Waals surface area (Å²) in [6, 6.07) is 0. The van der Waals surface area contributed by atoms with E-state index in [0.29, 0.717) is 0 Å². The van der Waals surface area contributed by atoms with Crippen molar-refractivity contribution in [3.8, 4) is 0 Å². The Morgan fingerprint density at radius 2 is 1.29 bits per heavy atom. The second-order valence-electron chi connectivity index (χ2n) is 2.17. The first-order valence-electron chi connectivity index (χ1n) is 1.91. The maximum absolute atomic E-state index is 8.52. The Morgan fingerprint density at radius 1 is 1.29 bits per heavy atom. The molecule has 0 aliphatic rings. The van der Waals surface area contributed by atoms with Gasteiger partial charge in [-0.1, -0.05) is 0 Å². The van der Waals surface area contributed by atoms with E-state index >= 15 is 0 Å². The van der Waals surface area contributed by atoms with E-state index in [4.69, 9.17) is 5.11 Å². The Bertz CT molecular complexity index is 27.2. The fourth-order valence-electron chi connectivity index (χ4n) is 0. The topological polar surface area (TPSA) is 20.2 Å². The molecular weight excluding hydrogens is 147 g/mol. The Balaban J connectivity index is 0. The molecule has 0 amide bonds. The quantitative estimate of drug-likeness (QED) is 0.528. The number of halogens is 1.